The molecule has 0 aromatic carbocycles. The average Bonchev–Trinajstić information content (AvgIpc) is 2.40. The molecule has 0 bridgehead atoms. The van der Waals surface area contributed by atoms with Crippen LogP contribution in [0.5, 0.6) is 0 Å². The lowest BCUT2D eigenvalue weighted by Gasteiger charge is -2.36. The minimum Gasteiger partial charge on any atom is -0.356 e. The van der Waals surface area contributed by atoms with Crippen molar-refractivity contribution in [3.05, 3.63) is 23.9 Å². The summed E-state index contributed by atoms with van der Waals surface area (Å²) in [6.45, 7) is 12.2. The molecule has 2 rings (SSSR count). The predicted octanol–water partition coefficient (Wildman–Crippen LogP) is 3.06. The van der Waals surface area contributed by atoms with E-state index >= 15 is 0 Å². The molecule has 1 N–H and O–H groups in total. The van der Waals surface area contributed by atoms with E-state index in [-0.39, 0.29) is 0 Å². The van der Waals surface area contributed by atoms with Gasteiger partial charge in [0.15, 0.2) is 0 Å². The van der Waals surface area contributed by atoms with Crippen LogP contribution in [0.15, 0.2) is 18.2 Å². The first-order chi connectivity index (χ1) is 9.06. The van der Waals surface area contributed by atoms with Gasteiger partial charge in [-0.2, -0.15) is 0 Å². The smallest absolute Gasteiger partial charge is 0.128 e. The number of nitrogens with one attached hydrogen (secondary N) is 1. The van der Waals surface area contributed by atoms with Gasteiger partial charge in [-0.25, -0.2) is 4.98 Å². The molecular weight excluding hydrogens is 234 g/mol. The normalized spacial score (nSPS) is 23.9. The summed E-state index contributed by atoms with van der Waals surface area (Å²) in [5, 5.41) is 3.43. The number of piperidine rings is 1. The van der Waals surface area contributed by atoms with Crippen LogP contribution in [0.25, 0.3) is 0 Å². The fourth-order valence-electron chi connectivity index (χ4n) is 2.52. The highest BCUT2D eigenvalue weighted by Gasteiger charge is 2.23. The molecular formula is C16H27N3. The third-order valence-corrected chi connectivity index (χ3v) is 4.14. The van der Waals surface area contributed by atoms with Crippen molar-refractivity contribution in [2.45, 2.75) is 46.7 Å². The average molecular weight is 261 g/mol. The summed E-state index contributed by atoms with van der Waals surface area (Å²) in [6.07, 6.45) is 1.28. The van der Waals surface area contributed by atoms with Crippen LogP contribution in [0.2, 0.25) is 0 Å². The van der Waals surface area contributed by atoms with Crippen molar-refractivity contribution in [3.63, 3.8) is 0 Å². The van der Waals surface area contributed by atoms with Crippen LogP contribution in [0.3, 0.4) is 0 Å². The molecule has 0 amide bonds. The summed E-state index contributed by atoms with van der Waals surface area (Å²) in [4.78, 5) is 7.23. The Balaban J connectivity index is 2.02. The SMILES string of the molecule is CC(C)NCc1cccc(N2CCC(C)C(C)C2)n1. The first-order valence-electron chi connectivity index (χ1n) is 7.50. The molecule has 0 spiro atoms. The van der Waals surface area contributed by atoms with E-state index in [0.717, 1.165) is 43.0 Å². The highest BCUT2D eigenvalue weighted by Crippen LogP contribution is 2.25. The second kappa shape index (κ2) is 6.38. The van der Waals surface area contributed by atoms with Crippen molar-refractivity contribution in [3.8, 4) is 0 Å². The Bertz CT molecular complexity index is 403. The molecule has 19 heavy (non-hydrogen) atoms. The van der Waals surface area contributed by atoms with Gasteiger partial charge in [-0.1, -0.05) is 33.8 Å². The van der Waals surface area contributed by atoms with Gasteiger partial charge in [-0.05, 0) is 30.4 Å². The van der Waals surface area contributed by atoms with Crippen LogP contribution in [0, 0.1) is 11.8 Å². The molecule has 0 radical (unpaired) electrons. The predicted molar refractivity (Wildman–Crippen MR) is 81.4 cm³/mol. The Morgan fingerprint density at radius 3 is 2.79 bits per heavy atom. The molecule has 0 saturated carbocycles. The van der Waals surface area contributed by atoms with E-state index in [1.165, 1.54) is 6.42 Å². The maximum absolute atomic E-state index is 4.79. The topological polar surface area (TPSA) is 28.2 Å². The second-order valence-corrected chi connectivity index (χ2v) is 6.21. The van der Waals surface area contributed by atoms with Gasteiger partial charge in [-0.3, -0.25) is 0 Å². The van der Waals surface area contributed by atoms with Crippen LogP contribution in [-0.2, 0) is 6.54 Å². The Morgan fingerprint density at radius 1 is 1.32 bits per heavy atom. The first kappa shape index (κ1) is 14.3. The number of anilines is 1. The Hall–Kier alpha value is -1.09. The molecule has 2 atom stereocenters. The zero-order valence-corrected chi connectivity index (χ0v) is 12.7. The molecule has 106 valence electrons. The quantitative estimate of drug-likeness (QED) is 0.903. The monoisotopic (exact) mass is 261 g/mol. The number of hydrogen-bond donors (Lipinski definition) is 1. The highest BCUT2D eigenvalue weighted by molar-refractivity contribution is 5.39. The summed E-state index contributed by atoms with van der Waals surface area (Å²) in [5.41, 5.74) is 1.14. The zero-order valence-electron chi connectivity index (χ0n) is 12.7. The van der Waals surface area contributed by atoms with E-state index < -0.39 is 0 Å². The van der Waals surface area contributed by atoms with Gasteiger partial charge in [0.2, 0.25) is 0 Å². The molecule has 1 saturated heterocycles. The van der Waals surface area contributed by atoms with E-state index in [4.69, 9.17) is 4.98 Å². The summed E-state index contributed by atoms with van der Waals surface area (Å²) in [5.74, 6) is 2.73. The second-order valence-electron chi connectivity index (χ2n) is 6.21. The minimum absolute atomic E-state index is 0.501. The molecule has 1 aliphatic heterocycles. The van der Waals surface area contributed by atoms with E-state index in [9.17, 15) is 0 Å². The third kappa shape index (κ3) is 3.93. The number of nitrogens with zero attached hydrogens (tertiary/aromatic N) is 2. The summed E-state index contributed by atoms with van der Waals surface area (Å²) < 4.78 is 0. The summed E-state index contributed by atoms with van der Waals surface area (Å²) in [7, 11) is 0. The molecule has 2 unspecified atom stereocenters. The van der Waals surface area contributed by atoms with Gasteiger partial charge in [-0.15, -0.1) is 0 Å². The Labute approximate surface area is 117 Å². The van der Waals surface area contributed by atoms with Crippen LogP contribution in [0.4, 0.5) is 5.82 Å². The minimum atomic E-state index is 0.501. The molecule has 1 aromatic heterocycles. The third-order valence-electron chi connectivity index (χ3n) is 4.14. The fraction of sp³-hybridized carbons (Fsp3) is 0.688. The van der Waals surface area contributed by atoms with Gasteiger partial charge in [0.1, 0.15) is 5.82 Å². The molecule has 3 nitrogen and oxygen atoms in total. The number of aromatic nitrogens is 1. The maximum atomic E-state index is 4.79. The van der Waals surface area contributed by atoms with Crippen molar-refractivity contribution >= 4 is 5.82 Å². The van der Waals surface area contributed by atoms with Crippen LogP contribution in [-0.4, -0.2) is 24.1 Å². The van der Waals surface area contributed by atoms with Crippen molar-refractivity contribution < 1.29 is 0 Å². The van der Waals surface area contributed by atoms with Gasteiger partial charge < -0.3 is 10.2 Å². The first-order valence-corrected chi connectivity index (χ1v) is 7.50. The molecule has 1 fully saturated rings. The van der Waals surface area contributed by atoms with E-state index in [1.807, 2.05) is 0 Å². The lowest BCUT2D eigenvalue weighted by atomic mass is 9.89. The lowest BCUT2D eigenvalue weighted by Crippen LogP contribution is -2.39. The molecule has 2 heterocycles. The van der Waals surface area contributed by atoms with Crippen LogP contribution < -0.4 is 10.2 Å². The van der Waals surface area contributed by atoms with Crippen LogP contribution >= 0.6 is 0 Å². The molecule has 1 aliphatic rings. The van der Waals surface area contributed by atoms with E-state index in [2.05, 4.69) is 56.1 Å². The van der Waals surface area contributed by atoms with Crippen LogP contribution in [0.1, 0.15) is 39.8 Å². The Kier molecular flexibility index (Phi) is 4.81. The fourth-order valence-corrected chi connectivity index (χ4v) is 2.52. The van der Waals surface area contributed by atoms with Crippen molar-refractivity contribution in [2.75, 3.05) is 18.0 Å². The zero-order chi connectivity index (χ0) is 13.8. The highest BCUT2D eigenvalue weighted by atomic mass is 15.2. The number of rotatable bonds is 4. The molecule has 1 aromatic rings. The Morgan fingerprint density at radius 2 is 2.11 bits per heavy atom. The summed E-state index contributed by atoms with van der Waals surface area (Å²) in [6, 6.07) is 6.88. The van der Waals surface area contributed by atoms with Gasteiger partial charge in [0.05, 0.1) is 5.69 Å². The van der Waals surface area contributed by atoms with Gasteiger partial charge >= 0.3 is 0 Å². The van der Waals surface area contributed by atoms with Crippen molar-refractivity contribution in [1.82, 2.24) is 10.3 Å². The number of pyridine rings is 1. The van der Waals surface area contributed by atoms with E-state index in [1.54, 1.807) is 0 Å². The van der Waals surface area contributed by atoms with E-state index in [0.29, 0.717) is 6.04 Å². The standard InChI is InChI=1S/C16H27N3/c1-12(2)17-10-15-6-5-7-16(18-15)19-9-8-13(3)14(4)11-19/h5-7,12-14,17H,8-11H2,1-4H3. The van der Waals surface area contributed by atoms with Crippen molar-refractivity contribution in [2.24, 2.45) is 11.8 Å². The lowest BCUT2D eigenvalue weighted by molar-refractivity contribution is 0.322. The van der Waals surface area contributed by atoms with Gasteiger partial charge in [0, 0.05) is 25.7 Å². The largest absolute Gasteiger partial charge is 0.356 e. The molecule has 0 aliphatic carbocycles. The molecule has 3 heteroatoms. The van der Waals surface area contributed by atoms with Gasteiger partial charge in [0.25, 0.3) is 0 Å². The number of hydrogen-bond acceptors (Lipinski definition) is 3. The maximum Gasteiger partial charge on any atom is 0.128 e. The van der Waals surface area contributed by atoms with Crippen molar-refractivity contribution in [1.29, 1.82) is 0 Å². The summed E-state index contributed by atoms with van der Waals surface area (Å²) >= 11 is 0.